The lowest BCUT2D eigenvalue weighted by atomic mass is 9.91. The number of nitrogens with zero attached hydrogens (tertiary/aromatic N) is 2. The van der Waals surface area contributed by atoms with Crippen LogP contribution in [0.3, 0.4) is 0 Å². The number of hydrogen-bond acceptors (Lipinski definition) is 5. The van der Waals surface area contributed by atoms with E-state index in [4.69, 9.17) is 0 Å². The van der Waals surface area contributed by atoms with Crippen molar-refractivity contribution >= 4 is 23.1 Å². The number of carbonyl (C=O) groups is 2. The second-order valence-electron chi connectivity index (χ2n) is 10.2. The zero-order chi connectivity index (χ0) is 25.8. The number of amides is 1. The van der Waals surface area contributed by atoms with E-state index >= 15 is 0 Å². The Balaban J connectivity index is 1.25. The zero-order valence-corrected chi connectivity index (χ0v) is 21.5. The first-order chi connectivity index (χ1) is 18.0. The average Bonchev–Trinajstić information content (AvgIpc) is 3.11. The summed E-state index contributed by atoms with van der Waals surface area (Å²) in [6.45, 7) is 6.24. The summed E-state index contributed by atoms with van der Waals surface area (Å²) in [4.78, 5) is 31.0. The van der Waals surface area contributed by atoms with Crippen LogP contribution in [0.4, 0.5) is 11.4 Å². The van der Waals surface area contributed by atoms with Crippen LogP contribution in [0.5, 0.6) is 5.75 Å². The molecular weight excluding hydrogens is 462 g/mol. The van der Waals surface area contributed by atoms with Crippen LogP contribution in [-0.2, 0) is 6.42 Å². The molecule has 1 aliphatic carbocycles. The van der Waals surface area contributed by atoms with E-state index in [1.54, 1.807) is 24.3 Å². The molecule has 0 unspecified atom stereocenters. The molecule has 1 saturated heterocycles. The number of aromatic hydroxyl groups is 1. The van der Waals surface area contributed by atoms with Crippen LogP contribution in [0.1, 0.15) is 57.5 Å². The van der Waals surface area contributed by atoms with Gasteiger partial charge in [-0.3, -0.25) is 14.5 Å². The highest BCUT2D eigenvalue weighted by Crippen LogP contribution is 2.30. The molecule has 1 amide bonds. The molecule has 6 nitrogen and oxygen atoms in total. The van der Waals surface area contributed by atoms with Gasteiger partial charge in [0.25, 0.3) is 5.91 Å². The van der Waals surface area contributed by atoms with Crippen molar-refractivity contribution in [2.75, 3.05) is 36.4 Å². The highest BCUT2D eigenvalue weighted by atomic mass is 16.3. The molecule has 0 aromatic heterocycles. The number of phenols is 1. The normalized spacial score (nSPS) is 16.6. The second kappa shape index (κ2) is 11.2. The van der Waals surface area contributed by atoms with Gasteiger partial charge in [-0.2, -0.15) is 0 Å². The van der Waals surface area contributed by atoms with Gasteiger partial charge in [-0.05, 0) is 62.1 Å². The number of rotatable bonds is 7. The van der Waals surface area contributed by atoms with Gasteiger partial charge in [-0.15, -0.1) is 0 Å². The lowest BCUT2D eigenvalue weighted by Crippen LogP contribution is -2.42. The van der Waals surface area contributed by atoms with E-state index < -0.39 is 0 Å². The third kappa shape index (κ3) is 5.86. The van der Waals surface area contributed by atoms with Crippen molar-refractivity contribution in [1.29, 1.82) is 0 Å². The lowest BCUT2D eigenvalue weighted by Gasteiger charge is -2.36. The van der Waals surface area contributed by atoms with Gasteiger partial charge in [0.1, 0.15) is 5.75 Å². The number of ketones is 1. The summed E-state index contributed by atoms with van der Waals surface area (Å²) in [5, 5.41) is 13.3. The quantitative estimate of drug-likeness (QED) is 0.336. The predicted octanol–water partition coefficient (Wildman–Crippen LogP) is 5.44. The Morgan fingerprint density at radius 1 is 0.865 bits per heavy atom. The molecule has 3 aromatic rings. The first kappa shape index (κ1) is 25.0. The molecule has 0 spiro atoms. The first-order valence-electron chi connectivity index (χ1n) is 13.3. The molecule has 5 rings (SSSR count). The average molecular weight is 498 g/mol. The van der Waals surface area contributed by atoms with E-state index in [0.29, 0.717) is 16.7 Å². The lowest BCUT2D eigenvalue weighted by molar-refractivity contribution is 0.0989. The van der Waals surface area contributed by atoms with Crippen LogP contribution in [-0.4, -0.2) is 53.9 Å². The van der Waals surface area contributed by atoms with Crippen molar-refractivity contribution in [2.24, 2.45) is 0 Å². The number of nitrogens with one attached hydrogen (secondary N) is 1. The van der Waals surface area contributed by atoms with Crippen LogP contribution < -0.4 is 10.2 Å². The number of carbonyl (C=O) groups excluding carboxylic acids is 2. The molecule has 0 atom stereocenters. The van der Waals surface area contributed by atoms with E-state index in [-0.39, 0.29) is 29.5 Å². The molecule has 37 heavy (non-hydrogen) atoms. The molecule has 2 fully saturated rings. The van der Waals surface area contributed by atoms with E-state index in [2.05, 4.69) is 15.1 Å². The van der Waals surface area contributed by atoms with Crippen molar-refractivity contribution in [1.82, 2.24) is 4.90 Å². The molecule has 0 bridgehead atoms. The van der Waals surface area contributed by atoms with Crippen LogP contribution >= 0.6 is 0 Å². The van der Waals surface area contributed by atoms with Gasteiger partial charge >= 0.3 is 0 Å². The summed E-state index contributed by atoms with van der Waals surface area (Å²) < 4.78 is 0. The van der Waals surface area contributed by atoms with Gasteiger partial charge in [0.05, 0.1) is 5.69 Å². The third-order valence-corrected chi connectivity index (χ3v) is 7.71. The molecule has 0 radical (unpaired) electrons. The van der Waals surface area contributed by atoms with Gasteiger partial charge in [0.2, 0.25) is 0 Å². The molecule has 2 N–H and O–H groups in total. The van der Waals surface area contributed by atoms with Crippen LogP contribution in [0.15, 0.2) is 66.7 Å². The molecule has 3 aromatic carbocycles. The fraction of sp³-hybridized carbons (Fsp3) is 0.355. The summed E-state index contributed by atoms with van der Waals surface area (Å²) in [7, 11) is 0. The van der Waals surface area contributed by atoms with Crippen molar-refractivity contribution in [3.63, 3.8) is 0 Å². The van der Waals surface area contributed by atoms with E-state index in [1.165, 1.54) is 25.3 Å². The summed E-state index contributed by atoms with van der Waals surface area (Å²) in [6, 6.07) is 20.8. The number of phenolic OH excluding ortho intramolecular Hbond substituents is 1. The Labute approximate surface area is 218 Å². The number of Topliss-reactive ketones (excluding diaryl/α,β-unsaturated/α-hetero) is 1. The van der Waals surface area contributed by atoms with Crippen molar-refractivity contribution in [2.45, 2.75) is 45.1 Å². The van der Waals surface area contributed by atoms with Gasteiger partial charge in [-0.25, -0.2) is 0 Å². The fourth-order valence-corrected chi connectivity index (χ4v) is 5.21. The van der Waals surface area contributed by atoms with Crippen molar-refractivity contribution < 1.29 is 14.7 Å². The molecule has 1 heterocycles. The maximum atomic E-state index is 13.1. The monoisotopic (exact) mass is 497 g/mol. The highest BCUT2D eigenvalue weighted by Gasteiger charge is 2.26. The predicted molar refractivity (Wildman–Crippen MR) is 148 cm³/mol. The third-order valence-electron chi connectivity index (χ3n) is 7.71. The van der Waals surface area contributed by atoms with Crippen LogP contribution in [0, 0.1) is 6.92 Å². The smallest absolute Gasteiger partial charge is 0.255 e. The van der Waals surface area contributed by atoms with Gasteiger partial charge in [0, 0.05) is 55.5 Å². The molecule has 1 saturated carbocycles. The zero-order valence-electron chi connectivity index (χ0n) is 21.5. The number of aryl methyl sites for hydroxylation is 1. The van der Waals surface area contributed by atoms with E-state index in [0.717, 1.165) is 49.9 Å². The summed E-state index contributed by atoms with van der Waals surface area (Å²) >= 11 is 0. The van der Waals surface area contributed by atoms with Crippen LogP contribution in [0.25, 0.3) is 0 Å². The van der Waals surface area contributed by atoms with Gasteiger partial charge < -0.3 is 15.3 Å². The Kier molecular flexibility index (Phi) is 7.56. The maximum Gasteiger partial charge on any atom is 0.255 e. The Morgan fingerprint density at radius 3 is 2.30 bits per heavy atom. The Bertz CT molecular complexity index is 1250. The standard InChI is InChI=1S/C31H35N3O3/c1-22-9-11-23(12-10-22)29(36)21-25-5-2-8-28(35)30(25)32-31(37)24-13-15-27(16-14-24)34-18-4-17-33(19-20-34)26-6-3-7-26/h2,5,8-16,26,35H,3-4,6-7,17-21H2,1H3,(H,32,37). The number of hydrogen-bond donors (Lipinski definition) is 2. The number of benzene rings is 3. The minimum atomic E-state index is -0.316. The second-order valence-corrected chi connectivity index (χ2v) is 10.2. The molecular formula is C31H35N3O3. The Morgan fingerprint density at radius 2 is 1.59 bits per heavy atom. The SMILES string of the molecule is Cc1ccc(C(=O)Cc2cccc(O)c2NC(=O)c2ccc(N3CCCN(C4CCC4)CC3)cc2)cc1. The Hall–Kier alpha value is -3.64. The number of anilines is 2. The molecule has 192 valence electrons. The molecule has 2 aliphatic rings. The van der Waals surface area contributed by atoms with Crippen LogP contribution in [0.2, 0.25) is 0 Å². The number of para-hydroxylation sites is 1. The minimum absolute atomic E-state index is 0.0558. The highest BCUT2D eigenvalue weighted by molar-refractivity contribution is 6.06. The largest absolute Gasteiger partial charge is 0.506 e. The maximum absolute atomic E-state index is 13.1. The van der Waals surface area contributed by atoms with Crippen molar-refractivity contribution in [3.8, 4) is 5.75 Å². The summed E-state index contributed by atoms with van der Waals surface area (Å²) in [5.41, 5.74) is 4.18. The molecule has 6 heteroatoms. The summed E-state index contributed by atoms with van der Waals surface area (Å²) in [6.07, 6.45) is 5.26. The van der Waals surface area contributed by atoms with Gasteiger partial charge in [-0.1, -0.05) is 48.4 Å². The van der Waals surface area contributed by atoms with E-state index in [1.807, 2.05) is 43.3 Å². The summed E-state index contributed by atoms with van der Waals surface area (Å²) in [5.74, 6) is -0.442. The van der Waals surface area contributed by atoms with E-state index in [9.17, 15) is 14.7 Å². The molecule has 1 aliphatic heterocycles. The first-order valence-corrected chi connectivity index (χ1v) is 13.3. The minimum Gasteiger partial charge on any atom is -0.506 e. The van der Waals surface area contributed by atoms with Gasteiger partial charge in [0.15, 0.2) is 5.78 Å². The topological polar surface area (TPSA) is 72.9 Å². The fourth-order valence-electron chi connectivity index (χ4n) is 5.21. The van der Waals surface area contributed by atoms with Crippen molar-refractivity contribution in [3.05, 3.63) is 89.0 Å².